The second-order valence-electron chi connectivity index (χ2n) is 5.97. The number of rotatable bonds is 8. The van der Waals surface area contributed by atoms with Crippen LogP contribution in [-0.4, -0.2) is 38.0 Å². The highest BCUT2D eigenvalue weighted by molar-refractivity contribution is 7.88. The van der Waals surface area contributed by atoms with Gasteiger partial charge in [-0.05, 0) is 24.0 Å². The Hall–Kier alpha value is -1.40. The molecule has 1 rings (SSSR count). The molecule has 1 aromatic carbocycles. The summed E-state index contributed by atoms with van der Waals surface area (Å²) in [5.74, 6) is 0.258. The first-order chi connectivity index (χ1) is 10.2. The molecule has 0 atom stereocenters. The number of aryl methyl sites for hydroxylation is 1. The molecule has 0 radical (unpaired) electrons. The first kappa shape index (κ1) is 18.6. The third-order valence-electron chi connectivity index (χ3n) is 3.37. The Morgan fingerprint density at radius 3 is 2.45 bits per heavy atom. The standard InChI is InChI=1S/C16H26N2O3S/c1-13(2)11-17-16(19)9-10-18(22(4,20)21)12-15-8-6-5-7-14(15)3/h5-8,13H,9-12H2,1-4H3,(H,17,19). The molecule has 0 saturated heterocycles. The topological polar surface area (TPSA) is 66.5 Å². The van der Waals surface area contributed by atoms with Crippen molar-refractivity contribution in [3.63, 3.8) is 0 Å². The SMILES string of the molecule is Cc1ccccc1CN(CCC(=O)NCC(C)C)S(C)(=O)=O. The van der Waals surface area contributed by atoms with Crippen LogP contribution in [0.25, 0.3) is 0 Å². The van der Waals surface area contributed by atoms with E-state index in [0.29, 0.717) is 19.0 Å². The van der Waals surface area contributed by atoms with Crippen LogP contribution >= 0.6 is 0 Å². The second-order valence-corrected chi connectivity index (χ2v) is 7.95. The van der Waals surface area contributed by atoms with Gasteiger partial charge in [0, 0.05) is 26.1 Å². The van der Waals surface area contributed by atoms with Crippen molar-refractivity contribution >= 4 is 15.9 Å². The first-order valence-corrected chi connectivity index (χ1v) is 9.31. The molecule has 0 aliphatic rings. The highest BCUT2D eigenvalue weighted by atomic mass is 32.2. The summed E-state index contributed by atoms with van der Waals surface area (Å²) in [5, 5.41) is 2.80. The van der Waals surface area contributed by atoms with Crippen LogP contribution in [0.15, 0.2) is 24.3 Å². The number of nitrogens with one attached hydrogen (secondary N) is 1. The van der Waals surface area contributed by atoms with E-state index in [0.717, 1.165) is 11.1 Å². The molecule has 0 aliphatic carbocycles. The van der Waals surface area contributed by atoms with E-state index in [1.165, 1.54) is 10.6 Å². The molecule has 6 heteroatoms. The number of amides is 1. The number of carbonyl (C=O) groups is 1. The average Bonchev–Trinajstić information content (AvgIpc) is 2.41. The Kier molecular flexibility index (Phi) is 7.03. The van der Waals surface area contributed by atoms with E-state index in [1.54, 1.807) is 0 Å². The first-order valence-electron chi connectivity index (χ1n) is 7.46. The van der Waals surface area contributed by atoms with Crippen molar-refractivity contribution in [3.05, 3.63) is 35.4 Å². The van der Waals surface area contributed by atoms with Crippen molar-refractivity contribution in [2.75, 3.05) is 19.3 Å². The molecule has 22 heavy (non-hydrogen) atoms. The largest absolute Gasteiger partial charge is 0.356 e. The molecule has 1 aromatic rings. The van der Waals surface area contributed by atoms with Crippen LogP contribution in [0, 0.1) is 12.8 Å². The summed E-state index contributed by atoms with van der Waals surface area (Å²) >= 11 is 0. The molecule has 0 aliphatic heterocycles. The smallest absolute Gasteiger partial charge is 0.221 e. The minimum Gasteiger partial charge on any atom is -0.356 e. The van der Waals surface area contributed by atoms with Gasteiger partial charge in [0.25, 0.3) is 0 Å². The van der Waals surface area contributed by atoms with Gasteiger partial charge < -0.3 is 5.32 Å². The summed E-state index contributed by atoms with van der Waals surface area (Å²) in [4.78, 5) is 11.8. The lowest BCUT2D eigenvalue weighted by molar-refractivity contribution is -0.121. The fourth-order valence-corrected chi connectivity index (χ4v) is 2.77. The van der Waals surface area contributed by atoms with E-state index in [1.807, 2.05) is 45.0 Å². The number of nitrogens with zero attached hydrogens (tertiary/aromatic N) is 1. The van der Waals surface area contributed by atoms with Crippen LogP contribution in [0.1, 0.15) is 31.4 Å². The maximum atomic E-state index is 11.9. The summed E-state index contributed by atoms with van der Waals surface area (Å²) in [6.45, 7) is 7.07. The number of carbonyl (C=O) groups excluding carboxylic acids is 1. The molecule has 0 saturated carbocycles. The van der Waals surface area contributed by atoms with Crippen molar-refractivity contribution in [1.82, 2.24) is 9.62 Å². The molecule has 0 aromatic heterocycles. The van der Waals surface area contributed by atoms with Crippen LogP contribution in [0.5, 0.6) is 0 Å². The van der Waals surface area contributed by atoms with Gasteiger partial charge in [0.1, 0.15) is 0 Å². The molecule has 0 unspecified atom stereocenters. The average molecular weight is 326 g/mol. The minimum absolute atomic E-state index is 0.118. The van der Waals surface area contributed by atoms with Crippen molar-refractivity contribution in [2.24, 2.45) is 5.92 Å². The predicted molar refractivity (Wildman–Crippen MR) is 88.9 cm³/mol. The lowest BCUT2D eigenvalue weighted by Gasteiger charge is -2.21. The van der Waals surface area contributed by atoms with E-state index < -0.39 is 10.0 Å². The second kappa shape index (κ2) is 8.29. The lowest BCUT2D eigenvalue weighted by Crippen LogP contribution is -2.35. The Balaban J connectivity index is 2.67. The van der Waals surface area contributed by atoms with Crippen LogP contribution in [0.3, 0.4) is 0 Å². The fourth-order valence-electron chi connectivity index (χ4n) is 1.97. The van der Waals surface area contributed by atoms with Crippen molar-refractivity contribution in [2.45, 2.75) is 33.7 Å². The van der Waals surface area contributed by atoms with Crippen molar-refractivity contribution in [1.29, 1.82) is 0 Å². The molecular weight excluding hydrogens is 300 g/mol. The van der Waals surface area contributed by atoms with Crippen LogP contribution in [0.2, 0.25) is 0 Å². The van der Waals surface area contributed by atoms with Gasteiger partial charge in [-0.25, -0.2) is 8.42 Å². The van der Waals surface area contributed by atoms with Gasteiger partial charge in [-0.15, -0.1) is 0 Å². The molecule has 5 nitrogen and oxygen atoms in total. The summed E-state index contributed by atoms with van der Waals surface area (Å²) < 4.78 is 25.2. The van der Waals surface area contributed by atoms with Gasteiger partial charge in [0.05, 0.1) is 6.26 Å². The van der Waals surface area contributed by atoms with Crippen LogP contribution in [-0.2, 0) is 21.4 Å². The number of benzene rings is 1. The lowest BCUT2D eigenvalue weighted by atomic mass is 10.1. The van der Waals surface area contributed by atoms with Gasteiger partial charge in [-0.3, -0.25) is 4.79 Å². The zero-order valence-corrected chi connectivity index (χ0v) is 14.6. The summed E-state index contributed by atoms with van der Waals surface area (Å²) in [5.41, 5.74) is 2.00. The number of hydrogen-bond donors (Lipinski definition) is 1. The van der Waals surface area contributed by atoms with E-state index in [2.05, 4.69) is 5.32 Å². The van der Waals surface area contributed by atoms with E-state index in [4.69, 9.17) is 0 Å². The third-order valence-corrected chi connectivity index (χ3v) is 4.62. The predicted octanol–water partition coefficient (Wildman–Crippen LogP) is 1.92. The quantitative estimate of drug-likeness (QED) is 0.793. The summed E-state index contributed by atoms with van der Waals surface area (Å²) in [7, 11) is -3.35. The van der Waals surface area contributed by atoms with Crippen LogP contribution < -0.4 is 5.32 Å². The monoisotopic (exact) mass is 326 g/mol. The van der Waals surface area contributed by atoms with Gasteiger partial charge in [-0.1, -0.05) is 38.1 Å². The molecule has 0 fully saturated rings. The zero-order chi connectivity index (χ0) is 16.8. The molecule has 1 amide bonds. The van der Waals surface area contributed by atoms with Gasteiger partial charge in [0.2, 0.25) is 15.9 Å². The number of hydrogen-bond acceptors (Lipinski definition) is 3. The summed E-state index contributed by atoms with van der Waals surface area (Å²) in [6.07, 6.45) is 1.35. The van der Waals surface area contributed by atoms with E-state index >= 15 is 0 Å². The maximum Gasteiger partial charge on any atom is 0.221 e. The van der Waals surface area contributed by atoms with Gasteiger partial charge >= 0.3 is 0 Å². The molecule has 124 valence electrons. The van der Waals surface area contributed by atoms with E-state index in [9.17, 15) is 13.2 Å². The van der Waals surface area contributed by atoms with Crippen molar-refractivity contribution in [3.8, 4) is 0 Å². The molecular formula is C16H26N2O3S. The van der Waals surface area contributed by atoms with Crippen LogP contribution in [0.4, 0.5) is 0 Å². The highest BCUT2D eigenvalue weighted by Gasteiger charge is 2.19. The maximum absolute atomic E-state index is 11.9. The van der Waals surface area contributed by atoms with Gasteiger partial charge in [-0.2, -0.15) is 4.31 Å². The minimum atomic E-state index is -3.35. The molecule has 0 heterocycles. The molecule has 1 N–H and O–H groups in total. The Labute approximate surface area is 133 Å². The highest BCUT2D eigenvalue weighted by Crippen LogP contribution is 2.13. The van der Waals surface area contributed by atoms with E-state index in [-0.39, 0.29) is 18.9 Å². The fraction of sp³-hybridized carbons (Fsp3) is 0.562. The van der Waals surface area contributed by atoms with Crippen molar-refractivity contribution < 1.29 is 13.2 Å². The Morgan fingerprint density at radius 1 is 1.27 bits per heavy atom. The van der Waals surface area contributed by atoms with Gasteiger partial charge in [0.15, 0.2) is 0 Å². The Bertz CT molecular complexity index is 597. The molecule has 0 spiro atoms. The third kappa shape index (κ3) is 6.58. The zero-order valence-electron chi connectivity index (χ0n) is 13.8. The normalized spacial score (nSPS) is 11.9. The summed E-state index contributed by atoms with van der Waals surface area (Å²) in [6, 6.07) is 7.67. The number of sulfonamides is 1. The molecule has 0 bridgehead atoms. The Morgan fingerprint density at radius 2 is 1.91 bits per heavy atom.